The topological polar surface area (TPSA) is 72.5 Å². The fraction of sp³-hybridized carbons (Fsp3) is 0.235. The number of rotatable bonds is 6. The van der Waals surface area contributed by atoms with Crippen molar-refractivity contribution in [3.05, 3.63) is 65.5 Å². The molecule has 5 nitrogen and oxygen atoms in total. The second-order valence-corrected chi connectivity index (χ2v) is 7.10. The van der Waals surface area contributed by atoms with Crippen LogP contribution in [0.25, 0.3) is 0 Å². The second-order valence-electron chi connectivity index (χ2n) is 5.39. The first-order valence-corrected chi connectivity index (χ1v) is 8.76. The van der Waals surface area contributed by atoms with Crippen molar-refractivity contribution >= 4 is 16.0 Å². The maximum absolute atomic E-state index is 12.9. The zero-order chi connectivity index (χ0) is 17.7. The zero-order valence-corrected chi connectivity index (χ0v) is 14.1. The van der Waals surface area contributed by atoms with E-state index in [9.17, 15) is 17.6 Å². The quantitative estimate of drug-likeness (QED) is 0.812. The Bertz CT molecular complexity index is 801. The summed E-state index contributed by atoms with van der Waals surface area (Å²) in [5.41, 5.74) is 1.90. The van der Waals surface area contributed by atoms with E-state index in [4.69, 9.17) is 4.74 Å². The highest BCUT2D eigenvalue weighted by atomic mass is 32.2. The van der Waals surface area contributed by atoms with Gasteiger partial charge in [-0.15, -0.1) is 0 Å². The zero-order valence-electron chi connectivity index (χ0n) is 13.3. The molecular formula is C17H18FNO4S. The Balaban J connectivity index is 1.95. The minimum absolute atomic E-state index is 0.0573. The molecule has 128 valence electrons. The highest BCUT2D eigenvalue weighted by Crippen LogP contribution is 2.11. The number of sulfonamides is 1. The lowest BCUT2D eigenvalue weighted by molar-refractivity contribution is -0.146. The van der Waals surface area contributed by atoms with Gasteiger partial charge in [0.15, 0.2) is 0 Å². The van der Waals surface area contributed by atoms with E-state index in [1.165, 1.54) is 6.92 Å². The van der Waals surface area contributed by atoms with Gasteiger partial charge in [0, 0.05) is 0 Å². The summed E-state index contributed by atoms with van der Waals surface area (Å²) in [6.45, 7) is 3.39. The third-order valence-corrected chi connectivity index (χ3v) is 4.87. The van der Waals surface area contributed by atoms with Crippen LogP contribution >= 0.6 is 0 Å². The number of ether oxygens (including phenoxy) is 1. The molecule has 2 aromatic rings. The number of hydrogen-bond donors (Lipinski definition) is 1. The Morgan fingerprint density at radius 1 is 1.12 bits per heavy atom. The third-order valence-electron chi connectivity index (χ3n) is 3.31. The smallest absolute Gasteiger partial charge is 0.324 e. The van der Waals surface area contributed by atoms with Crippen molar-refractivity contribution in [3.8, 4) is 0 Å². The third kappa shape index (κ3) is 4.87. The van der Waals surface area contributed by atoms with Crippen LogP contribution in [0.1, 0.15) is 18.1 Å². The molecular weight excluding hydrogens is 333 g/mol. The molecule has 0 aliphatic carbocycles. The summed E-state index contributed by atoms with van der Waals surface area (Å²) in [5.74, 6) is -1.24. The van der Waals surface area contributed by atoms with Gasteiger partial charge in [0.05, 0.1) is 4.90 Å². The molecule has 7 heteroatoms. The molecule has 24 heavy (non-hydrogen) atoms. The molecule has 0 aliphatic rings. The summed E-state index contributed by atoms with van der Waals surface area (Å²) in [4.78, 5) is 11.8. The summed E-state index contributed by atoms with van der Waals surface area (Å²) >= 11 is 0. The van der Waals surface area contributed by atoms with E-state index in [1.54, 1.807) is 0 Å². The minimum atomic E-state index is -3.93. The van der Waals surface area contributed by atoms with Gasteiger partial charge < -0.3 is 4.74 Å². The van der Waals surface area contributed by atoms with Crippen molar-refractivity contribution in [1.82, 2.24) is 4.72 Å². The molecule has 0 spiro atoms. The van der Waals surface area contributed by atoms with Gasteiger partial charge in [-0.3, -0.25) is 4.79 Å². The Hall–Kier alpha value is -2.25. The molecule has 0 unspecified atom stereocenters. The molecule has 0 bridgehead atoms. The van der Waals surface area contributed by atoms with Crippen molar-refractivity contribution in [3.63, 3.8) is 0 Å². The molecule has 1 N–H and O–H groups in total. The lowest BCUT2D eigenvalue weighted by atomic mass is 10.2. The molecule has 0 saturated carbocycles. The number of hydrogen-bond acceptors (Lipinski definition) is 4. The molecule has 0 saturated heterocycles. The SMILES string of the molecule is Cc1ccc(COC(=O)[C@H](C)NS(=O)(=O)c2ccc(F)cc2)cc1. The van der Waals surface area contributed by atoms with E-state index in [0.29, 0.717) is 0 Å². The number of nitrogens with one attached hydrogen (secondary N) is 1. The molecule has 0 aromatic heterocycles. The first kappa shape index (κ1) is 18.1. The van der Waals surface area contributed by atoms with Gasteiger partial charge in [0.2, 0.25) is 10.0 Å². The van der Waals surface area contributed by atoms with E-state index < -0.39 is 27.9 Å². The van der Waals surface area contributed by atoms with E-state index in [0.717, 1.165) is 35.4 Å². The van der Waals surface area contributed by atoms with Gasteiger partial charge in [-0.05, 0) is 43.7 Å². The largest absolute Gasteiger partial charge is 0.460 e. The molecule has 2 aromatic carbocycles. The summed E-state index contributed by atoms with van der Waals surface area (Å²) < 4.78 is 44.4. The Morgan fingerprint density at radius 3 is 2.29 bits per heavy atom. The van der Waals surface area contributed by atoms with Crippen LogP contribution < -0.4 is 4.72 Å². The molecule has 2 rings (SSSR count). The maximum atomic E-state index is 12.9. The number of esters is 1. The lowest BCUT2D eigenvalue weighted by Gasteiger charge is -2.14. The monoisotopic (exact) mass is 351 g/mol. The van der Waals surface area contributed by atoms with Crippen LogP contribution in [0.5, 0.6) is 0 Å². The van der Waals surface area contributed by atoms with Gasteiger partial charge >= 0.3 is 5.97 Å². The van der Waals surface area contributed by atoms with E-state index in [2.05, 4.69) is 4.72 Å². The summed E-state index contributed by atoms with van der Waals surface area (Å²) in [6, 6.07) is 10.7. The van der Waals surface area contributed by atoms with Crippen molar-refractivity contribution in [2.45, 2.75) is 31.4 Å². The van der Waals surface area contributed by atoms with Gasteiger partial charge in [0.1, 0.15) is 18.5 Å². The summed E-state index contributed by atoms with van der Waals surface area (Å²) in [5, 5.41) is 0. The number of aryl methyl sites for hydroxylation is 1. The van der Waals surface area contributed by atoms with Crippen LogP contribution in [0.15, 0.2) is 53.4 Å². The first-order chi connectivity index (χ1) is 11.3. The van der Waals surface area contributed by atoms with E-state index in [-0.39, 0.29) is 11.5 Å². The Labute approximate surface area is 140 Å². The first-order valence-electron chi connectivity index (χ1n) is 7.28. The second kappa shape index (κ2) is 7.55. The Morgan fingerprint density at radius 2 is 1.71 bits per heavy atom. The predicted octanol–water partition coefficient (Wildman–Crippen LogP) is 2.54. The number of carbonyl (C=O) groups excluding carboxylic acids is 1. The standard InChI is InChI=1S/C17H18FNO4S/c1-12-3-5-14(6-4-12)11-23-17(20)13(2)19-24(21,22)16-9-7-15(18)8-10-16/h3-10,13,19H,11H2,1-2H3/t13-/m0/s1. The van der Waals surface area contributed by atoms with Crippen molar-refractivity contribution in [2.24, 2.45) is 0 Å². The van der Waals surface area contributed by atoms with Gasteiger partial charge in [-0.1, -0.05) is 29.8 Å². The molecule has 0 radical (unpaired) electrons. The average molecular weight is 351 g/mol. The number of halogens is 1. The van der Waals surface area contributed by atoms with Crippen LogP contribution in [0.4, 0.5) is 4.39 Å². The highest BCUT2D eigenvalue weighted by molar-refractivity contribution is 7.89. The molecule has 0 heterocycles. The van der Waals surface area contributed by atoms with Crippen molar-refractivity contribution < 1.29 is 22.3 Å². The Kier molecular flexibility index (Phi) is 5.69. The number of carbonyl (C=O) groups is 1. The van der Waals surface area contributed by atoms with Gasteiger partial charge in [-0.2, -0.15) is 4.72 Å². The summed E-state index contributed by atoms with van der Waals surface area (Å²) in [7, 11) is -3.93. The van der Waals surface area contributed by atoms with Crippen LogP contribution in [0.2, 0.25) is 0 Å². The lowest BCUT2D eigenvalue weighted by Crippen LogP contribution is -2.39. The predicted molar refractivity (Wildman–Crippen MR) is 87.2 cm³/mol. The van der Waals surface area contributed by atoms with E-state index in [1.807, 2.05) is 31.2 Å². The van der Waals surface area contributed by atoms with Crippen LogP contribution in [-0.4, -0.2) is 20.4 Å². The van der Waals surface area contributed by atoms with Crippen molar-refractivity contribution in [2.75, 3.05) is 0 Å². The van der Waals surface area contributed by atoms with Gasteiger partial charge in [-0.25, -0.2) is 12.8 Å². The molecule has 1 atom stereocenters. The van der Waals surface area contributed by atoms with Crippen LogP contribution in [-0.2, 0) is 26.2 Å². The molecule has 0 amide bonds. The summed E-state index contributed by atoms with van der Waals surface area (Å²) in [6.07, 6.45) is 0. The van der Waals surface area contributed by atoms with E-state index >= 15 is 0 Å². The van der Waals surface area contributed by atoms with Crippen LogP contribution in [0, 0.1) is 12.7 Å². The number of benzene rings is 2. The van der Waals surface area contributed by atoms with Crippen molar-refractivity contribution in [1.29, 1.82) is 0 Å². The molecule has 0 aliphatic heterocycles. The fourth-order valence-electron chi connectivity index (χ4n) is 1.93. The molecule has 0 fully saturated rings. The van der Waals surface area contributed by atoms with Gasteiger partial charge in [0.25, 0.3) is 0 Å². The highest BCUT2D eigenvalue weighted by Gasteiger charge is 2.23. The average Bonchev–Trinajstić information content (AvgIpc) is 2.54. The minimum Gasteiger partial charge on any atom is -0.460 e. The van der Waals surface area contributed by atoms with Crippen LogP contribution in [0.3, 0.4) is 0 Å². The normalized spacial score (nSPS) is 12.6. The maximum Gasteiger partial charge on any atom is 0.324 e. The fourth-order valence-corrected chi connectivity index (χ4v) is 3.12.